The number of sulfonamides is 3. The quantitative estimate of drug-likeness (QED) is 0.0160. The molecule has 0 saturated carbocycles. The van der Waals surface area contributed by atoms with Crippen molar-refractivity contribution in [3.63, 3.8) is 0 Å². The number of benzene rings is 5. The number of esters is 1. The van der Waals surface area contributed by atoms with E-state index < -0.39 is 41.5 Å². The van der Waals surface area contributed by atoms with Crippen LogP contribution in [0.3, 0.4) is 0 Å². The Balaban J connectivity index is 0.000000161. The summed E-state index contributed by atoms with van der Waals surface area (Å²) in [6.07, 6.45) is 2.37. The number of thiophene rings is 5. The molecule has 39 heteroatoms. The Bertz CT molecular complexity index is 7090. The van der Waals surface area contributed by atoms with Crippen LogP contribution >= 0.6 is 56.7 Å². The molecule has 5 aromatic carbocycles. The second kappa shape index (κ2) is 45.4. The smallest absolute Gasteiger partial charge is 0.497 e. The summed E-state index contributed by atoms with van der Waals surface area (Å²) in [6.45, 7) is 16.4. The van der Waals surface area contributed by atoms with E-state index in [1.54, 1.807) is 174 Å². The minimum Gasteiger partial charge on any atom is -0.497 e. The number of aryl methyl sites for hydroxylation is 9. The monoisotopic (exact) mass is 1990 g/mol. The zero-order chi connectivity index (χ0) is 97.3. The van der Waals surface area contributed by atoms with Crippen LogP contribution in [0.2, 0.25) is 0 Å². The van der Waals surface area contributed by atoms with E-state index in [9.17, 15) is 72.0 Å². The minimum atomic E-state index is -5.34. The number of rotatable bonds is 37. The van der Waals surface area contributed by atoms with Crippen molar-refractivity contribution in [2.75, 3.05) is 73.8 Å². The van der Waals surface area contributed by atoms with E-state index in [1.165, 1.54) is 63.8 Å². The number of alkyl halides is 3. The van der Waals surface area contributed by atoms with E-state index in [0.29, 0.717) is 140 Å². The lowest BCUT2D eigenvalue weighted by atomic mass is 10.1. The average Bonchev–Trinajstić information content (AvgIpc) is 1.65. The maximum atomic E-state index is 12.8. The zero-order valence-electron chi connectivity index (χ0n) is 75.6. The Hall–Kier alpha value is -11.9. The Morgan fingerprint density at radius 3 is 0.851 bits per heavy atom. The minimum absolute atomic E-state index is 0.0104. The molecule has 710 valence electrons. The Morgan fingerprint density at radius 2 is 0.612 bits per heavy atom. The number of hydrogen-bond acceptors (Lipinski definition) is 24. The lowest BCUT2D eigenvalue weighted by molar-refractivity contribution is -0.143. The van der Waals surface area contributed by atoms with Crippen molar-refractivity contribution in [1.29, 1.82) is 0 Å². The summed E-state index contributed by atoms with van der Waals surface area (Å²) in [4.78, 5) is 94.1. The SMILES string of the molecule is CCOC(=O)CCn1c(C)cc2cc(C(=O)c3ccc(OC)cc3)sc21.CCS(=O)(=O)NCCCn1c(C)cc2cc(C(=O)c3ccc(OC)cc3)sc21.COc1ccc(C(=O)c2cc3cc(C)n(CCC(=O)O)c3s2)cc1.COc1ccc(C(=O)c2cc3cc(C)n(CCCNS(=O)(=O)C(F)(F)F)c3s2)cc1.COc1ccc(C(=O)c2cc3cc(C)n(CCNS(C)(=O)=O)c3s2)cc1. The normalized spacial score (nSPS) is 11.6. The molecule has 0 aliphatic rings. The number of hydrogen-bond donors (Lipinski definition) is 4. The standard InChI is InChI=1S/C20H24N2O4S2.C20H21NO4S.C19H19F3N2O4S2.C18H20N2O4S2.C18H17NO4S/c1-4-28(24,25)21-10-5-11-22-14(2)12-16-13-18(27-20(16)22)19(23)15-6-8-17(26-3)9-7-15;1-4-25-18(22)9-10-21-13(2)11-15-12-17(26-20(15)21)19(23)14-5-7-16(24-3)8-6-14;1-12-10-14-11-16(17(25)13-4-6-15(28-2)7-5-13)29-18(14)24(12)9-3-8-23-30(26,27)19(20,21)22;1-12-10-14-11-16(17(21)13-4-6-15(24-2)7-5-13)25-18(14)20(12)9-8-19-26(3,22)23;1-11-9-13-10-15(24-18(13)19(11)8-7-16(20)21)17(22)12-3-5-14(23-2)6-4-12/h6-9,12-13,21H,4-5,10-11H2,1-3H3;5-8,11-12H,4,9-10H2,1-3H3;4-7,10-11,23H,3,8-9H2,1-2H3;4-7,10-11,19H,8-9H2,1-3H3;3-6,9-10H,7-8H2,1-2H3,(H,20,21). The van der Waals surface area contributed by atoms with E-state index in [1.807, 2.05) is 96.9 Å². The average molecular weight is 1990 g/mol. The molecule has 134 heavy (non-hydrogen) atoms. The van der Waals surface area contributed by atoms with Crippen LogP contribution in [0.1, 0.15) is 144 Å². The van der Waals surface area contributed by atoms with Crippen LogP contribution in [0.15, 0.2) is 182 Å². The second-order valence-corrected chi connectivity index (χ2v) is 41.4. The molecule has 0 radical (unpaired) electrons. The van der Waals surface area contributed by atoms with E-state index in [2.05, 4.69) is 24.6 Å². The summed E-state index contributed by atoms with van der Waals surface area (Å²) in [7, 11) is -3.83. The van der Waals surface area contributed by atoms with E-state index in [0.717, 1.165) is 91.6 Å². The molecule has 0 spiro atoms. The largest absolute Gasteiger partial charge is 0.511 e. The molecule has 0 fully saturated rings. The summed E-state index contributed by atoms with van der Waals surface area (Å²) in [5, 5.41) is 13.8. The van der Waals surface area contributed by atoms with Gasteiger partial charge in [0.1, 0.15) is 52.9 Å². The topological polar surface area (TPSA) is 358 Å². The number of carboxylic acids is 1. The third-order valence-corrected chi connectivity index (χ3v) is 30.5. The zero-order valence-corrected chi connectivity index (χ0v) is 82.1. The number of ether oxygens (including phenoxy) is 6. The molecule has 10 aromatic heterocycles. The highest BCUT2D eigenvalue weighted by molar-refractivity contribution is 7.90. The van der Waals surface area contributed by atoms with Crippen LogP contribution < -0.4 is 37.9 Å². The molecular formula is C95H101F3N8O20S8. The lowest BCUT2D eigenvalue weighted by Gasteiger charge is -2.10. The van der Waals surface area contributed by atoms with Gasteiger partial charge in [0.15, 0.2) is 0 Å². The summed E-state index contributed by atoms with van der Waals surface area (Å²) in [5.41, 5.74) is 2.74. The van der Waals surface area contributed by atoms with Gasteiger partial charge < -0.3 is 56.4 Å². The van der Waals surface area contributed by atoms with Crippen molar-refractivity contribution < 1.29 is 106 Å². The van der Waals surface area contributed by atoms with E-state index in [4.69, 9.17) is 33.5 Å². The summed E-state index contributed by atoms with van der Waals surface area (Å²) in [6, 6.07) is 54.4. The fraction of sp³-hybridized carbons (Fsp3) is 0.295. The van der Waals surface area contributed by atoms with Crippen LogP contribution in [-0.4, -0.2) is 173 Å². The van der Waals surface area contributed by atoms with Crippen LogP contribution in [0.5, 0.6) is 28.7 Å². The molecule has 0 atom stereocenters. The highest BCUT2D eigenvalue weighted by Crippen LogP contribution is 2.38. The number of carbonyl (C=O) groups is 7. The first-order valence-electron chi connectivity index (χ1n) is 42.0. The van der Waals surface area contributed by atoms with Crippen molar-refractivity contribution in [1.82, 2.24) is 37.0 Å². The van der Waals surface area contributed by atoms with Crippen LogP contribution in [0.25, 0.3) is 51.1 Å². The van der Waals surface area contributed by atoms with Crippen molar-refractivity contribution in [3.05, 3.63) is 263 Å². The van der Waals surface area contributed by atoms with Gasteiger partial charge in [0.2, 0.25) is 49.0 Å². The highest BCUT2D eigenvalue weighted by Gasteiger charge is 2.45. The Morgan fingerprint density at radius 1 is 0.358 bits per heavy atom. The van der Waals surface area contributed by atoms with Gasteiger partial charge in [0, 0.05) is 136 Å². The number of ketones is 5. The fourth-order valence-electron chi connectivity index (χ4n) is 14.3. The fourth-order valence-corrected chi connectivity index (χ4v) is 21.9. The molecule has 4 N–H and O–H groups in total. The maximum Gasteiger partial charge on any atom is 0.511 e. The van der Waals surface area contributed by atoms with Crippen molar-refractivity contribution >= 4 is 179 Å². The van der Waals surface area contributed by atoms with Gasteiger partial charge in [-0.25, -0.2) is 39.4 Å². The summed E-state index contributed by atoms with van der Waals surface area (Å²) >= 11 is 7.03. The van der Waals surface area contributed by atoms with Gasteiger partial charge in [0.05, 0.1) is 91.4 Å². The second-order valence-electron chi connectivity index (χ2n) is 30.5. The number of carbonyl (C=O) groups excluding carboxylic acids is 6. The molecule has 0 saturated heterocycles. The number of fused-ring (bicyclic) bond motifs is 5. The first kappa shape index (κ1) is 103. The Kier molecular flexibility index (Phi) is 34.8. The number of nitrogens with one attached hydrogen (secondary N) is 3. The summed E-state index contributed by atoms with van der Waals surface area (Å²) in [5.74, 6) is 2.31. The number of aromatic nitrogens is 5. The van der Waals surface area contributed by atoms with Crippen LogP contribution in [0.4, 0.5) is 13.2 Å². The molecule has 0 amide bonds. The van der Waals surface area contributed by atoms with Gasteiger partial charge in [-0.2, -0.15) is 13.2 Å². The Labute approximate surface area is 792 Å². The molecule has 0 unspecified atom stereocenters. The number of carboxylic acid groups (broad SMARTS) is 1. The molecular weight excluding hydrogens is 1890 g/mol. The highest BCUT2D eigenvalue weighted by atomic mass is 32.2. The molecule has 10 heterocycles. The predicted molar refractivity (Wildman–Crippen MR) is 521 cm³/mol. The third-order valence-electron chi connectivity index (χ3n) is 21.3. The van der Waals surface area contributed by atoms with E-state index >= 15 is 0 Å². The number of aliphatic carboxylic acids is 1. The molecule has 0 aliphatic heterocycles. The van der Waals surface area contributed by atoms with Crippen LogP contribution in [0, 0.1) is 34.6 Å². The first-order valence-corrected chi connectivity index (χ1v) is 51.1. The van der Waals surface area contributed by atoms with Crippen LogP contribution in [-0.2, 0) is 77.1 Å². The van der Waals surface area contributed by atoms with Gasteiger partial charge in [-0.05, 0) is 243 Å². The van der Waals surface area contributed by atoms with Gasteiger partial charge in [0.25, 0.3) is 0 Å². The molecule has 15 rings (SSSR count). The summed E-state index contributed by atoms with van der Waals surface area (Å²) < 4.78 is 152. The maximum absolute atomic E-state index is 12.8. The molecule has 0 aliphatic carbocycles. The molecule has 0 bridgehead atoms. The van der Waals surface area contributed by atoms with E-state index in [-0.39, 0.29) is 60.0 Å². The van der Waals surface area contributed by atoms with Crippen molar-refractivity contribution in [2.45, 2.75) is 112 Å². The van der Waals surface area contributed by atoms with Gasteiger partial charge in [-0.3, -0.25) is 33.6 Å². The predicted octanol–water partition coefficient (Wildman–Crippen LogP) is 18.4. The van der Waals surface area contributed by atoms with Crippen molar-refractivity contribution in [3.8, 4) is 28.7 Å². The van der Waals surface area contributed by atoms with Gasteiger partial charge >= 0.3 is 27.5 Å². The first-order chi connectivity index (χ1) is 63.7. The van der Waals surface area contributed by atoms with Crippen molar-refractivity contribution in [2.24, 2.45) is 0 Å². The number of halogens is 3. The van der Waals surface area contributed by atoms with Gasteiger partial charge in [-0.15, -0.1) is 56.7 Å². The lowest BCUT2D eigenvalue weighted by Crippen LogP contribution is -2.37. The molecule has 28 nitrogen and oxygen atoms in total. The third kappa shape index (κ3) is 26.0. The number of nitrogens with zero attached hydrogens (tertiary/aromatic N) is 5. The molecule has 15 aromatic rings. The van der Waals surface area contributed by atoms with Gasteiger partial charge in [-0.1, -0.05) is 0 Å². The number of methoxy groups -OCH3 is 5.